The lowest BCUT2D eigenvalue weighted by atomic mass is 10.0. The van der Waals surface area contributed by atoms with Crippen LogP contribution in [0.5, 0.6) is 0 Å². The Bertz CT molecular complexity index is 308. The first kappa shape index (κ1) is 10.8. The molecule has 0 aliphatic heterocycles. The Morgan fingerprint density at radius 1 is 1.31 bits per heavy atom. The van der Waals surface area contributed by atoms with Gasteiger partial charge in [-0.25, -0.2) is 0 Å². The van der Waals surface area contributed by atoms with Gasteiger partial charge < -0.3 is 5.11 Å². The minimum atomic E-state index is -0.496. The van der Waals surface area contributed by atoms with Crippen LogP contribution >= 0.6 is 23.2 Å². The van der Waals surface area contributed by atoms with Crippen molar-refractivity contribution in [3.05, 3.63) is 33.3 Å². The number of aryl methyl sites for hydroxylation is 1. The molecule has 0 radical (unpaired) electrons. The van der Waals surface area contributed by atoms with Crippen LogP contribution in [0, 0.1) is 0 Å². The van der Waals surface area contributed by atoms with E-state index in [1.165, 1.54) is 0 Å². The topological polar surface area (TPSA) is 20.2 Å². The monoisotopic (exact) mass is 218 g/mol. The number of hydrogen-bond donors (Lipinski definition) is 1. The van der Waals surface area contributed by atoms with Crippen molar-refractivity contribution >= 4 is 23.2 Å². The average molecular weight is 219 g/mol. The van der Waals surface area contributed by atoms with E-state index in [0.29, 0.717) is 10.0 Å². The molecule has 0 saturated carbocycles. The van der Waals surface area contributed by atoms with Crippen LogP contribution < -0.4 is 0 Å². The van der Waals surface area contributed by atoms with Gasteiger partial charge in [-0.05, 0) is 36.6 Å². The van der Waals surface area contributed by atoms with Crippen LogP contribution in [0.1, 0.15) is 31.1 Å². The zero-order valence-electron chi connectivity index (χ0n) is 7.64. The van der Waals surface area contributed by atoms with Crippen molar-refractivity contribution in [2.45, 2.75) is 26.4 Å². The van der Waals surface area contributed by atoms with Crippen LogP contribution in [-0.2, 0) is 6.42 Å². The molecule has 1 unspecified atom stereocenters. The van der Waals surface area contributed by atoms with Gasteiger partial charge in [0.15, 0.2) is 0 Å². The van der Waals surface area contributed by atoms with Gasteiger partial charge >= 0.3 is 0 Å². The number of aliphatic hydroxyl groups is 1. The first-order chi connectivity index (χ1) is 6.06. The van der Waals surface area contributed by atoms with E-state index in [2.05, 4.69) is 0 Å². The van der Waals surface area contributed by atoms with Crippen molar-refractivity contribution in [3.8, 4) is 0 Å². The number of hydrogen-bond acceptors (Lipinski definition) is 1. The molecule has 1 N–H and O–H groups in total. The molecule has 0 saturated heterocycles. The van der Waals surface area contributed by atoms with E-state index in [4.69, 9.17) is 23.2 Å². The van der Waals surface area contributed by atoms with Gasteiger partial charge in [0.2, 0.25) is 0 Å². The van der Waals surface area contributed by atoms with Crippen molar-refractivity contribution in [2.75, 3.05) is 0 Å². The molecule has 0 spiro atoms. The van der Waals surface area contributed by atoms with Crippen LogP contribution in [-0.4, -0.2) is 5.11 Å². The van der Waals surface area contributed by atoms with Gasteiger partial charge in [-0.15, -0.1) is 0 Å². The maximum Gasteiger partial charge on any atom is 0.0765 e. The first-order valence-corrected chi connectivity index (χ1v) is 4.97. The lowest BCUT2D eigenvalue weighted by molar-refractivity contribution is 0.198. The quantitative estimate of drug-likeness (QED) is 0.805. The minimum absolute atomic E-state index is 0.495. The molecule has 3 heteroatoms. The average Bonchev–Trinajstić information content (AvgIpc) is 2.08. The van der Waals surface area contributed by atoms with Gasteiger partial charge in [0.05, 0.1) is 16.1 Å². The van der Waals surface area contributed by atoms with Crippen LogP contribution in [0.3, 0.4) is 0 Å². The van der Waals surface area contributed by atoms with E-state index in [1.807, 2.05) is 13.0 Å². The van der Waals surface area contributed by atoms with Crippen molar-refractivity contribution in [1.82, 2.24) is 0 Å². The highest BCUT2D eigenvalue weighted by atomic mass is 35.5. The summed E-state index contributed by atoms with van der Waals surface area (Å²) < 4.78 is 0. The van der Waals surface area contributed by atoms with Gasteiger partial charge in [0, 0.05) is 0 Å². The third-order valence-corrected chi connectivity index (χ3v) is 2.74. The number of rotatable bonds is 2. The van der Waals surface area contributed by atoms with E-state index in [0.717, 1.165) is 17.5 Å². The van der Waals surface area contributed by atoms with E-state index < -0.39 is 6.10 Å². The molecule has 0 fully saturated rings. The Balaban J connectivity index is 3.25. The summed E-state index contributed by atoms with van der Waals surface area (Å²) in [5, 5.41) is 10.5. The first-order valence-electron chi connectivity index (χ1n) is 4.22. The van der Waals surface area contributed by atoms with E-state index in [-0.39, 0.29) is 0 Å². The number of benzene rings is 1. The lowest BCUT2D eigenvalue weighted by Crippen LogP contribution is -1.97. The van der Waals surface area contributed by atoms with Gasteiger partial charge in [-0.3, -0.25) is 0 Å². The maximum absolute atomic E-state index is 9.45. The third-order valence-electron chi connectivity index (χ3n) is 2.01. The van der Waals surface area contributed by atoms with Crippen LogP contribution in [0.25, 0.3) is 0 Å². The molecule has 0 aliphatic carbocycles. The largest absolute Gasteiger partial charge is 0.389 e. The summed E-state index contributed by atoms with van der Waals surface area (Å²) in [6.07, 6.45) is 0.349. The normalized spacial score (nSPS) is 13.0. The second-order valence-electron chi connectivity index (χ2n) is 2.99. The molecule has 0 aliphatic rings. The Morgan fingerprint density at radius 3 is 2.31 bits per heavy atom. The maximum atomic E-state index is 9.45. The minimum Gasteiger partial charge on any atom is -0.389 e. The van der Waals surface area contributed by atoms with Crippen molar-refractivity contribution < 1.29 is 5.11 Å². The van der Waals surface area contributed by atoms with Crippen LogP contribution in [0.4, 0.5) is 0 Å². The molecule has 1 aromatic rings. The summed E-state index contributed by atoms with van der Waals surface area (Å²) in [7, 11) is 0. The van der Waals surface area contributed by atoms with Crippen molar-refractivity contribution in [2.24, 2.45) is 0 Å². The van der Waals surface area contributed by atoms with Gasteiger partial charge in [0.1, 0.15) is 0 Å². The molecule has 72 valence electrons. The molecular weight excluding hydrogens is 207 g/mol. The molecule has 1 aromatic carbocycles. The highest BCUT2D eigenvalue weighted by Gasteiger charge is 2.09. The highest BCUT2D eigenvalue weighted by Crippen LogP contribution is 2.29. The smallest absolute Gasteiger partial charge is 0.0765 e. The van der Waals surface area contributed by atoms with E-state index in [1.54, 1.807) is 13.0 Å². The standard InChI is InChI=1S/C10H12Cl2O/c1-3-7-4-9(11)10(12)5-8(7)6(2)13/h4-6,13H,3H2,1-2H3. The summed E-state index contributed by atoms with van der Waals surface area (Å²) in [5.74, 6) is 0. The molecule has 0 heterocycles. The highest BCUT2D eigenvalue weighted by molar-refractivity contribution is 6.42. The van der Waals surface area contributed by atoms with Gasteiger partial charge in [-0.2, -0.15) is 0 Å². The Hall–Kier alpha value is -0.240. The molecule has 0 aromatic heterocycles. The fourth-order valence-electron chi connectivity index (χ4n) is 1.30. The molecule has 0 amide bonds. The fourth-order valence-corrected chi connectivity index (χ4v) is 1.66. The zero-order valence-corrected chi connectivity index (χ0v) is 9.15. The molecule has 1 atom stereocenters. The Labute approximate surface area is 88.3 Å². The van der Waals surface area contributed by atoms with Crippen molar-refractivity contribution in [3.63, 3.8) is 0 Å². The van der Waals surface area contributed by atoms with Gasteiger partial charge in [0.25, 0.3) is 0 Å². The predicted octanol–water partition coefficient (Wildman–Crippen LogP) is 3.61. The predicted molar refractivity (Wildman–Crippen MR) is 56.5 cm³/mol. The number of aliphatic hydroxyl groups excluding tert-OH is 1. The van der Waals surface area contributed by atoms with E-state index >= 15 is 0 Å². The summed E-state index contributed by atoms with van der Waals surface area (Å²) >= 11 is 11.7. The Kier molecular flexibility index (Phi) is 3.60. The molecule has 0 bridgehead atoms. The van der Waals surface area contributed by atoms with Crippen molar-refractivity contribution in [1.29, 1.82) is 0 Å². The SMILES string of the molecule is CCc1cc(Cl)c(Cl)cc1C(C)O. The van der Waals surface area contributed by atoms with Gasteiger partial charge in [-0.1, -0.05) is 30.1 Å². The molecule has 13 heavy (non-hydrogen) atoms. The summed E-state index contributed by atoms with van der Waals surface area (Å²) in [4.78, 5) is 0. The molecule has 1 nitrogen and oxygen atoms in total. The third kappa shape index (κ3) is 2.37. The van der Waals surface area contributed by atoms with Crippen LogP contribution in [0.2, 0.25) is 10.0 Å². The van der Waals surface area contributed by atoms with E-state index in [9.17, 15) is 5.11 Å². The number of halogens is 2. The second-order valence-corrected chi connectivity index (χ2v) is 3.81. The Morgan fingerprint density at radius 2 is 1.85 bits per heavy atom. The van der Waals surface area contributed by atoms with Crippen LogP contribution in [0.15, 0.2) is 12.1 Å². The zero-order chi connectivity index (χ0) is 10.0. The molecular formula is C10H12Cl2O. The summed E-state index contributed by atoms with van der Waals surface area (Å²) in [5.41, 5.74) is 1.90. The summed E-state index contributed by atoms with van der Waals surface area (Å²) in [6, 6.07) is 3.54. The molecule has 1 rings (SSSR count). The fraction of sp³-hybridized carbons (Fsp3) is 0.400. The summed E-state index contributed by atoms with van der Waals surface area (Å²) in [6.45, 7) is 3.74. The second kappa shape index (κ2) is 4.32. The lowest BCUT2D eigenvalue weighted by Gasteiger charge is -2.11.